The molecule has 0 amide bonds. The summed E-state index contributed by atoms with van der Waals surface area (Å²) in [5.41, 5.74) is 9.85. The molecule has 0 saturated carbocycles. The zero-order valence-electron chi connectivity index (χ0n) is 24.3. The molecular formula is C42H26N2S. The summed E-state index contributed by atoms with van der Waals surface area (Å²) in [6, 6.07) is 57.5. The van der Waals surface area contributed by atoms with E-state index in [1.165, 1.54) is 86.3 Å². The number of benzene rings is 7. The van der Waals surface area contributed by atoms with E-state index in [1.54, 1.807) is 0 Å². The standard InChI is InChI=1S/C42H26N2S/c1-3-13-28(14-4-1)43-36-20-10-7-17-30(36)34-25-27(23-24-38(34)43)33-26-35-31-18-8-11-21-37(31)44(29-15-5-2-6-16-29)41(35)40-32-19-9-12-22-39(32)45-42(33)40/h1-26H. The Morgan fingerprint density at radius 1 is 0.400 bits per heavy atom. The Bertz CT molecular complexity index is 2740. The van der Waals surface area contributed by atoms with Gasteiger partial charge in [0, 0.05) is 58.7 Å². The lowest BCUT2D eigenvalue weighted by molar-refractivity contribution is 1.18. The SMILES string of the molecule is c1ccc(-n2c3ccccc3c3cc(-c4cc5c6ccccc6n(-c6ccccc6)c5c5c4sc4ccccc45)ccc32)cc1. The molecule has 10 rings (SSSR count). The number of rotatable bonds is 3. The van der Waals surface area contributed by atoms with Crippen LogP contribution in [-0.2, 0) is 0 Å². The van der Waals surface area contributed by atoms with Crippen LogP contribution in [0.25, 0.3) is 86.3 Å². The monoisotopic (exact) mass is 590 g/mol. The average molecular weight is 591 g/mol. The van der Waals surface area contributed by atoms with Crippen LogP contribution in [0, 0.1) is 0 Å². The van der Waals surface area contributed by atoms with Gasteiger partial charge in [-0.3, -0.25) is 0 Å². The molecule has 210 valence electrons. The zero-order valence-corrected chi connectivity index (χ0v) is 25.1. The lowest BCUT2D eigenvalue weighted by Crippen LogP contribution is -1.94. The Labute approximate surface area is 263 Å². The molecule has 0 aliphatic carbocycles. The average Bonchev–Trinajstić information content (AvgIpc) is 3.76. The summed E-state index contributed by atoms with van der Waals surface area (Å²) >= 11 is 1.90. The summed E-state index contributed by atoms with van der Waals surface area (Å²) in [6.07, 6.45) is 0. The molecule has 0 aliphatic rings. The van der Waals surface area contributed by atoms with Crippen molar-refractivity contribution in [3.05, 3.63) is 158 Å². The summed E-state index contributed by atoms with van der Waals surface area (Å²) in [5.74, 6) is 0. The van der Waals surface area contributed by atoms with Gasteiger partial charge in [0.05, 0.1) is 22.1 Å². The molecule has 0 fully saturated rings. The van der Waals surface area contributed by atoms with Crippen LogP contribution in [0.3, 0.4) is 0 Å². The first-order valence-corrected chi connectivity index (χ1v) is 16.2. The quantitative estimate of drug-likeness (QED) is 0.194. The molecule has 45 heavy (non-hydrogen) atoms. The van der Waals surface area contributed by atoms with Crippen molar-refractivity contribution in [1.82, 2.24) is 9.13 Å². The van der Waals surface area contributed by atoms with Gasteiger partial charge in [-0.15, -0.1) is 11.3 Å². The molecule has 0 radical (unpaired) electrons. The van der Waals surface area contributed by atoms with Crippen LogP contribution in [-0.4, -0.2) is 9.13 Å². The second-order valence-corrected chi connectivity index (χ2v) is 12.8. The number of nitrogens with zero attached hydrogens (tertiary/aromatic N) is 2. The largest absolute Gasteiger partial charge is 0.309 e. The number of hydrogen-bond acceptors (Lipinski definition) is 1. The first-order chi connectivity index (χ1) is 22.3. The predicted octanol–water partition coefficient (Wildman–Crippen LogP) is 11.9. The first-order valence-electron chi connectivity index (χ1n) is 15.4. The van der Waals surface area contributed by atoms with Crippen molar-refractivity contribution in [3.63, 3.8) is 0 Å². The zero-order chi connectivity index (χ0) is 29.5. The lowest BCUT2D eigenvalue weighted by Gasteiger charge is -2.11. The van der Waals surface area contributed by atoms with Gasteiger partial charge in [0.2, 0.25) is 0 Å². The fourth-order valence-electron chi connectivity index (χ4n) is 7.39. The minimum atomic E-state index is 1.18. The molecule has 0 bridgehead atoms. The van der Waals surface area contributed by atoms with Crippen LogP contribution in [0.4, 0.5) is 0 Å². The number of aromatic nitrogens is 2. The van der Waals surface area contributed by atoms with Crippen molar-refractivity contribution in [1.29, 1.82) is 0 Å². The van der Waals surface area contributed by atoms with Crippen molar-refractivity contribution in [3.8, 4) is 22.5 Å². The van der Waals surface area contributed by atoms with E-state index in [0.29, 0.717) is 0 Å². The molecule has 0 atom stereocenters. The Kier molecular flexibility index (Phi) is 5.19. The molecule has 2 nitrogen and oxygen atoms in total. The Hall–Kier alpha value is -5.64. The molecule has 3 heterocycles. The molecule has 0 saturated heterocycles. The molecule has 0 N–H and O–H groups in total. The van der Waals surface area contributed by atoms with E-state index in [2.05, 4.69) is 167 Å². The molecule has 10 aromatic rings. The minimum absolute atomic E-state index is 1.18. The van der Waals surface area contributed by atoms with Gasteiger partial charge in [-0.05, 0) is 66.2 Å². The van der Waals surface area contributed by atoms with Crippen molar-refractivity contribution in [2.24, 2.45) is 0 Å². The molecular weight excluding hydrogens is 565 g/mol. The Balaban J connectivity index is 1.35. The highest BCUT2D eigenvalue weighted by Crippen LogP contribution is 2.48. The third kappa shape index (κ3) is 3.50. The van der Waals surface area contributed by atoms with Gasteiger partial charge in [0.25, 0.3) is 0 Å². The summed E-state index contributed by atoms with van der Waals surface area (Å²) in [5, 5.41) is 7.74. The minimum Gasteiger partial charge on any atom is -0.309 e. The number of hydrogen-bond donors (Lipinski definition) is 0. The number of fused-ring (bicyclic) bond motifs is 10. The molecule has 3 aromatic heterocycles. The van der Waals surface area contributed by atoms with E-state index in [1.807, 2.05) is 11.3 Å². The maximum Gasteiger partial charge on any atom is 0.0634 e. The summed E-state index contributed by atoms with van der Waals surface area (Å²) in [7, 11) is 0. The van der Waals surface area contributed by atoms with Crippen LogP contribution >= 0.6 is 11.3 Å². The van der Waals surface area contributed by atoms with Crippen molar-refractivity contribution in [2.75, 3.05) is 0 Å². The summed E-state index contributed by atoms with van der Waals surface area (Å²) < 4.78 is 7.50. The maximum atomic E-state index is 2.46. The molecule has 7 aromatic carbocycles. The van der Waals surface area contributed by atoms with E-state index in [-0.39, 0.29) is 0 Å². The second kappa shape index (κ2) is 9.43. The normalized spacial score (nSPS) is 12.0. The number of thiophene rings is 1. The second-order valence-electron chi connectivity index (χ2n) is 11.7. The first kappa shape index (κ1) is 24.8. The van der Waals surface area contributed by atoms with E-state index in [0.717, 1.165) is 0 Å². The van der Waals surface area contributed by atoms with Gasteiger partial charge in [-0.25, -0.2) is 0 Å². The molecule has 3 heteroatoms. The molecule has 0 unspecified atom stereocenters. The topological polar surface area (TPSA) is 9.86 Å². The fourth-order valence-corrected chi connectivity index (χ4v) is 8.63. The van der Waals surface area contributed by atoms with Gasteiger partial charge in [0.1, 0.15) is 0 Å². The van der Waals surface area contributed by atoms with Crippen LogP contribution < -0.4 is 0 Å². The van der Waals surface area contributed by atoms with Crippen LogP contribution in [0.2, 0.25) is 0 Å². The fraction of sp³-hybridized carbons (Fsp3) is 0. The molecule has 0 spiro atoms. The summed E-state index contributed by atoms with van der Waals surface area (Å²) in [6.45, 7) is 0. The summed E-state index contributed by atoms with van der Waals surface area (Å²) in [4.78, 5) is 0. The van der Waals surface area contributed by atoms with Crippen LogP contribution in [0.15, 0.2) is 158 Å². The Morgan fingerprint density at radius 2 is 0.956 bits per heavy atom. The highest BCUT2D eigenvalue weighted by molar-refractivity contribution is 7.26. The van der Waals surface area contributed by atoms with E-state index < -0.39 is 0 Å². The molecule has 0 aliphatic heterocycles. The van der Waals surface area contributed by atoms with Crippen LogP contribution in [0.1, 0.15) is 0 Å². The van der Waals surface area contributed by atoms with Crippen molar-refractivity contribution < 1.29 is 0 Å². The smallest absolute Gasteiger partial charge is 0.0634 e. The predicted molar refractivity (Wildman–Crippen MR) is 193 cm³/mol. The van der Waals surface area contributed by atoms with Gasteiger partial charge < -0.3 is 9.13 Å². The van der Waals surface area contributed by atoms with Crippen LogP contribution in [0.5, 0.6) is 0 Å². The Morgan fingerprint density at radius 3 is 1.69 bits per heavy atom. The van der Waals surface area contributed by atoms with Gasteiger partial charge >= 0.3 is 0 Å². The van der Waals surface area contributed by atoms with Crippen molar-refractivity contribution >= 4 is 75.1 Å². The third-order valence-corrected chi connectivity index (χ3v) is 10.5. The highest BCUT2D eigenvalue weighted by atomic mass is 32.1. The van der Waals surface area contributed by atoms with Crippen molar-refractivity contribution in [2.45, 2.75) is 0 Å². The van der Waals surface area contributed by atoms with Gasteiger partial charge in [-0.2, -0.15) is 0 Å². The van der Waals surface area contributed by atoms with E-state index in [4.69, 9.17) is 0 Å². The van der Waals surface area contributed by atoms with Gasteiger partial charge in [0.15, 0.2) is 0 Å². The van der Waals surface area contributed by atoms with E-state index in [9.17, 15) is 0 Å². The lowest BCUT2D eigenvalue weighted by atomic mass is 9.97. The number of para-hydroxylation sites is 4. The third-order valence-electron chi connectivity index (χ3n) is 9.29. The highest BCUT2D eigenvalue weighted by Gasteiger charge is 2.22. The van der Waals surface area contributed by atoms with E-state index >= 15 is 0 Å². The van der Waals surface area contributed by atoms with Gasteiger partial charge in [-0.1, -0.05) is 97.1 Å². The maximum absolute atomic E-state index is 2.46.